The van der Waals surface area contributed by atoms with Gasteiger partial charge >= 0.3 is 0 Å². The lowest BCUT2D eigenvalue weighted by Gasteiger charge is -2.20. The number of benzene rings is 2. The molecule has 3 rings (SSSR count). The number of tetrazole rings is 1. The predicted octanol–water partition coefficient (Wildman–Crippen LogP) is 3.37. The highest BCUT2D eigenvalue weighted by Gasteiger charge is 2.17. The first-order valence-corrected chi connectivity index (χ1v) is 8.74. The zero-order chi connectivity index (χ0) is 19.4. The van der Waals surface area contributed by atoms with Crippen molar-refractivity contribution in [2.45, 2.75) is 39.2 Å². The SMILES string of the molecule is CC(Oc1ccc(C(C)(C)C)cc1)C(=O)Nc1ccc(-n2cnnn2)cc1. The molecule has 0 aliphatic carbocycles. The van der Waals surface area contributed by atoms with E-state index in [2.05, 4.69) is 41.6 Å². The molecule has 0 bridgehead atoms. The number of carbonyl (C=O) groups is 1. The molecule has 0 aliphatic rings. The van der Waals surface area contributed by atoms with E-state index in [9.17, 15) is 4.79 Å². The largest absolute Gasteiger partial charge is 0.481 e. The van der Waals surface area contributed by atoms with Crippen molar-refractivity contribution in [1.82, 2.24) is 20.2 Å². The standard InChI is InChI=1S/C20H23N5O2/c1-14(27-18-11-5-15(6-12-18)20(2,3)4)19(26)22-16-7-9-17(10-8-16)25-13-21-23-24-25/h5-14H,1-4H3,(H,22,26). The van der Waals surface area contributed by atoms with Crippen LogP contribution in [0.2, 0.25) is 0 Å². The Labute approximate surface area is 158 Å². The smallest absolute Gasteiger partial charge is 0.265 e. The first-order valence-electron chi connectivity index (χ1n) is 8.74. The molecule has 0 radical (unpaired) electrons. The van der Waals surface area contributed by atoms with Gasteiger partial charge in [-0.25, -0.2) is 4.68 Å². The van der Waals surface area contributed by atoms with Gasteiger partial charge in [0.25, 0.3) is 5.91 Å². The maximum absolute atomic E-state index is 12.4. The van der Waals surface area contributed by atoms with Gasteiger partial charge in [-0.3, -0.25) is 4.79 Å². The summed E-state index contributed by atoms with van der Waals surface area (Å²) in [5.74, 6) is 0.449. The number of ether oxygens (including phenoxy) is 1. The Bertz CT molecular complexity index is 882. The minimum Gasteiger partial charge on any atom is -0.481 e. The molecule has 2 aromatic carbocycles. The van der Waals surface area contributed by atoms with Crippen molar-refractivity contribution in [3.8, 4) is 11.4 Å². The summed E-state index contributed by atoms with van der Waals surface area (Å²) in [5.41, 5.74) is 2.78. The fourth-order valence-corrected chi connectivity index (χ4v) is 2.51. The van der Waals surface area contributed by atoms with Crippen LogP contribution in [0.15, 0.2) is 54.9 Å². The number of nitrogens with one attached hydrogen (secondary N) is 1. The van der Waals surface area contributed by atoms with Gasteiger partial charge in [0.1, 0.15) is 12.1 Å². The maximum Gasteiger partial charge on any atom is 0.265 e. The monoisotopic (exact) mass is 365 g/mol. The molecule has 27 heavy (non-hydrogen) atoms. The average molecular weight is 365 g/mol. The number of hydrogen-bond donors (Lipinski definition) is 1. The third kappa shape index (κ3) is 4.69. The minimum absolute atomic E-state index is 0.0793. The zero-order valence-corrected chi connectivity index (χ0v) is 15.9. The lowest BCUT2D eigenvalue weighted by Crippen LogP contribution is -2.30. The highest BCUT2D eigenvalue weighted by molar-refractivity contribution is 5.94. The van der Waals surface area contributed by atoms with Crippen LogP contribution in [0.4, 0.5) is 5.69 Å². The Balaban J connectivity index is 1.59. The number of aromatic nitrogens is 4. The van der Waals surface area contributed by atoms with Crippen LogP contribution in [0.25, 0.3) is 5.69 Å². The van der Waals surface area contributed by atoms with Crippen molar-refractivity contribution in [3.05, 3.63) is 60.4 Å². The molecular weight excluding hydrogens is 342 g/mol. The highest BCUT2D eigenvalue weighted by Crippen LogP contribution is 2.24. The van der Waals surface area contributed by atoms with Gasteiger partial charge in [0.15, 0.2) is 6.10 Å². The summed E-state index contributed by atoms with van der Waals surface area (Å²) in [5, 5.41) is 13.9. The predicted molar refractivity (Wildman–Crippen MR) is 103 cm³/mol. The summed E-state index contributed by atoms with van der Waals surface area (Å²) in [6.45, 7) is 8.19. The second kappa shape index (κ2) is 7.57. The summed E-state index contributed by atoms with van der Waals surface area (Å²) >= 11 is 0. The number of nitrogens with zero attached hydrogens (tertiary/aromatic N) is 4. The summed E-state index contributed by atoms with van der Waals surface area (Å²) in [6.07, 6.45) is 0.888. The van der Waals surface area contributed by atoms with Crippen molar-refractivity contribution < 1.29 is 9.53 Å². The van der Waals surface area contributed by atoms with Gasteiger partial charge in [-0.15, -0.1) is 5.10 Å². The van der Waals surface area contributed by atoms with E-state index in [-0.39, 0.29) is 11.3 Å². The first-order chi connectivity index (χ1) is 12.8. The van der Waals surface area contributed by atoms with E-state index in [1.165, 1.54) is 11.9 Å². The van der Waals surface area contributed by atoms with Crippen LogP contribution >= 0.6 is 0 Å². The molecule has 1 unspecified atom stereocenters. The molecule has 3 aromatic rings. The Morgan fingerprint density at radius 3 is 2.30 bits per heavy atom. The molecule has 0 saturated heterocycles. The highest BCUT2D eigenvalue weighted by atomic mass is 16.5. The molecule has 0 fully saturated rings. The van der Waals surface area contributed by atoms with Crippen LogP contribution in [0.3, 0.4) is 0 Å². The summed E-state index contributed by atoms with van der Waals surface area (Å²) in [6, 6.07) is 15.1. The van der Waals surface area contributed by atoms with E-state index in [4.69, 9.17) is 4.74 Å². The van der Waals surface area contributed by atoms with Crippen molar-refractivity contribution in [1.29, 1.82) is 0 Å². The molecule has 1 amide bonds. The fourth-order valence-electron chi connectivity index (χ4n) is 2.51. The Kier molecular flexibility index (Phi) is 5.21. The van der Waals surface area contributed by atoms with E-state index in [1.54, 1.807) is 23.7 Å². The van der Waals surface area contributed by atoms with Gasteiger partial charge in [-0.2, -0.15) is 0 Å². The zero-order valence-electron chi connectivity index (χ0n) is 15.9. The number of anilines is 1. The first kappa shape index (κ1) is 18.6. The molecular formula is C20H23N5O2. The summed E-state index contributed by atoms with van der Waals surface area (Å²) < 4.78 is 7.30. The van der Waals surface area contributed by atoms with Crippen LogP contribution in [-0.2, 0) is 10.2 Å². The van der Waals surface area contributed by atoms with Gasteiger partial charge in [0.2, 0.25) is 0 Å². The van der Waals surface area contributed by atoms with Crippen molar-refractivity contribution in [2.75, 3.05) is 5.32 Å². The Morgan fingerprint density at radius 1 is 1.07 bits per heavy atom. The quantitative estimate of drug-likeness (QED) is 0.750. The molecule has 1 aromatic heterocycles. The lowest BCUT2D eigenvalue weighted by molar-refractivity contribution is -0.122. The van der Waals surface area contributed by atoms with E-state index in [0.717, 1.165) is 5.69 Å². The van der Waals surface area contributed by atoms with Crippen LogP contribution in [0.1, 0.15) is 33.3 Å². The van der Waals surface area contributed by atoms with Crippen LogP contribution < -0.4 is 10.1 Å². The third-order valence-corrected chi connectivity index (χ3v) is 4.15. The van der Waals surface area contributed by atoms with Crippen molar-refractivity contribution in [3.63, 3.8) is 0 Å². The van der Waals surface area contributed by atoms with Gasteiger partial charge < -0.3 is 10.1 Å². The Morgan fingerprint density at radius 2 is 1.74 bits per heavy atom. The fraction of sp³-hybridized carbons (Fsp3) is 0.300. The molecule has 1 N–H and O–H groups in total. The molecule has 0 saturated carbocycles. The second-order valence-corrected chi connectivity index (χ2v) is 7.32. The number of carbonyl (C=O) groups excluding carboxylic acids is 1. The summed E-state index contributed by atoms with van der Waals surface area (Å²) in [7, 11) is 0. The van der Waals surface area contributed by atoms with Gasteiger partial charge in [-0.1, -0.05) is 32.9 Å². The van der Waals surface area contributed by atoms with Gasteiger partial charge in [0.05, 0.1) is 5.69 Å². The van der Waals surface area contributed by atoms with E-state index >= 15 is 0 Å². The topological polar surface area (TPSA) is 81.9 Å². The number of rotatable bonds is 5. The van der Waals surface area contributed by atoms with Crippen LogP contribution in [0, 0.1) is 0 Å². The minimum atomic E-state index is -0.621. The van der Waals surface area contributed by atoms with E-state index < -0.39 is 6.10 Å². The summed E-state index contributed by atoms with van der Waals surface area (Å²) in [4.78, 5) is 12.4. The van der Waals surface area contributed by atoms with Crippen LogP contribution in [-0.4, -0.2) is 32.2 Å². The van der Waals surface area contributed by atoms with E-state index in [1.807, 2.05) is 36.4 Å². The third-order valence-electron chi connectivity index (χ3n) is 4.15. The normalized spacial score (nSPS) is 12.4. The second-order valence-electron chi connectivity index (χ2n) is 7.32. The number of hydrogen-bond acceptors (Lipinski definition) is 5. The van der Waals surface area contributed by atoms with Gasteiger partial charge in [0, 0.05) is 5.69 Å². The number of amides is 1. The molecule has 0 aliphatic heterocycles. The lowest BCUT2D eigenvalue weighted by atomic mass is 9.87. The Hall–Kier alpha value is -3.22. The average Bonchev–Trinajstić information content (AvgIpc) is 3.16. The molecule has 7 nitrogen and oxygen atoms in total. The molecule has 1 heterocycles. The van der Waals surface area contributed by atoms with E-state index in [0.29, 0.717) is 11.4 Å². The van der Waals surface area contributed by atoms with Crippen molar-refractivity contribution >= 4 is 11.6 Å². The van der Waals surface area contributed by atoms with Crippen molar-refractivity contribution in [2.24, 2.45) is 0 Å². The van der Waals surface area contributed by atoms with Gasteiger partial charge in [-0.05, 0) is 64.7 Å². The molecule has 140 valence electrons. The van der Waals surface area contributed by atoms with Crippen LogP contribution in [0.5, 0.6) is 5.75 Å². The molecule has 1 atom stereocenters. The molecule has 7 heteroatoms. The maximum atomic E-state index is 12.4. The molecule has 0 spiro atoms.